The second-order valence-corrected chi connectivity index (χ2v) is 4.36. The van der Waals surface area contributed by atoms with E-state index in [9.17, 15) is 9.18 Å². The molecule has 100 valence electrons. The van der Waals surface area contributed by atoms with Crippen molar-refractivity contribution in [1.82, 2.24) is 10.6 Å². The van der Waals surface area contributed by atoms with Crippen molar-refractivity contribution in [2.45, 2.75) is 5.54 Å². The topological polar surface area (TPSA) is 94.4 Å². The quantitative estimate of drug-likeness (QED) is 0.744. The van der Waals surface area contributed by atoms with Crippen LogP contribution in [0.1, 0.15) is 5.56 Å². The first-order valence-electron chi connectivity index (χ1n) is 5.59. The average molecular weight is 265 g/mol. The van der Waals surface area contributed by atoms with Crippen molar-refractivity contribution in [3.05, 3.63) is 29.6 Å². The summed E-state index contributed by atoms with van der Waals surface area (Å²) in [6.45, 7) is 1.01. The molecule has 1 amide bonds. The molecule has 19 heavy (non-hydrogen) atoms. The summed E-state index contributed by atoms with van der Waals surface area (Å²) < 4.78 is 18.7. The first-order chi connectivity index (χ1) is 9.04. The van der Waals surface area contributed by atoms with E-state index in [1.54, 1.807) is 6.07 Å². The number of nitrogens with one attached hydrogen (secondary N) is 2. The largest absolute Gasteiger partial charge is 0.491 e. The lowest BCUT2D eigenvalue weighted by Gasteiger charge is -2.41. The lowest BCUT2D eigenvalue weighted by atomic mass is 9.94. The van der Waals surface area contributed by atoms with Gasteiger partial charge in [-0.3, -0.25) is 0 Å². The molecule has 2 rings (SSSR count). The number of hydrogen-bond acceptors (Lipinski definition) is 4. The van der Waals surface area contributed by atoms with Gasteiger partial charge in [0.1, 0.15) is 29.8 Å². The number of rotatable bonds is 4. The average Bonchev–Trinajstić information content (AvgIpc) is 2.32. The van der Waals surface area contributed by atoms with Gasteiger partial charge in [0.05, 0.1) is 5.56 Å². The fourth-order valence-electron chi connectivity index (χ4n) is 1.78. The Labute approximate surface area is 108 Å². The summed E-state index contributed by atoms with van der Waals surface area (Å²) >= 11 is 0. The molecule has 0 aromatic heterocycles. The zero-order valence-corrected chi connectivity index (χ0v) is 9.94. The van der Waals surface area contributed by atoms with Crippen LogP contribution in [-0.2, 0) is 0 Å². The van der Waals surface area contributed by atoms with Gasteiger partial charge in [0.15, 0.2) is 0 Å². The van der Waals surface area contributed by atoms with E-state index < -0.39 is 17.4 Å². The molecule has 1 fully saturated rings. The molecule has 1 aliphatic heterocycles. The summed E-state index contributed by atoms with van der Waals surface area (Å²) in [6, 6.07) is 5.62. The van der Waals surface area contributed by atoms with E-state index in [1.807, 2.05) is 0 Å². The van der Waals surface area contributed by atoms with Crippen LogP contribution in [0.3, 0.4) is 0 Å². The maximum Gasteiger partial charge on any atom is 0.405 e. The Morgan fingerprint density at radius 2 is 2.37 bits per heavy atom. The second kappa shape index (κ2) is 5.12. The summed E-state index contributed by atoms with van der Waals surface area (Å²) in [5.74, 6) is -0.401. The monoisotopic (exact) mass is 265 g/mol. The molecule has 1 aromatic rings. The molecule has 1 aliphatic rings. The lowest BCUT2D eigenvalue weighted by molar-refractivity contribution is 0.112. The zero-order chi connectivity index (χ0) is 13.9. The Bertz CT molecular complexity index is 538. The standard InChI is InChI=1S/C12H12FN3O3/c13-10-3-9(2-1-8(10)4-14)19-7-12(5-15-6-12)16-11(17)18/h1-3,15-16H,5-7H2,(H,17,18). The maximum absolute atomic E-state index is 13.4. The molecule has 0 aliphatic carbocycles. The van der Waals surface area contributed by atoms with Crippen LogP contribution in [0, 0.1) is 17.1 Å². The third-order valence-electron chi connectivity index (χ3n) is 2.88. The van der Waals surface area contributed by atoms with Gasteiger partial charge in [0, 0.05) is 19.2 Å². The van der Waals surface area contributed by atoms with Crippen LogP contribution in [0.2, 0.25) is 0 Å². The van der Waals surface area contributed by atoms with Crippen LogP contribution in [0.15, 0.2) is 18.2 Å². The molecule has 7 heteroatoms. The van der Waals surface area contributed by atoms with Crippen LogP contribution < -0.4 is 15.4 Å². The molecule has 0 spiro atoms. The van der Waals surface area contributed by atoms with E-state index in [0.717, 1.165) is 6.07 Å². The van der Waals surface area contributed by atoms with Crippen LogP contribution in [0.5, 0.6) is 5.75 Å². The second-order valence-electron chi connectivity index (χ2n) is 4.36. The highest BCUT2D eigenvalue weighted by atomic mass is 19.1. The van der Waals surface area contributed by atoms with E-state index in [1.165, 1.54) is 12.1 Å². The number of carbonyl (C=O) groups is 1. The Hall–Kier alpha value is -2.33. The van der Waals surface area contributed by atoms with E-state index in [0.29, 0.717) is 13.1 Å². The predicted octanol–water partition coefficient (Wildman–Crippen LogP) is 0.686. The summed E-state index contributed by atoms with van der Waals surface area (Å²) in [5, 5.41) is 22.7. The molecule has 0 bridgehead atoms. The van der Waals surface area contributed by atoms with E-state index >= 15 is 0 Å². The number of nitrogens with zero attached hydrogens (tertiary/aromatic N) is 1. The highest BCUT2D eigenvalue weighted by Crippen LogP contribution is 2.19. The van der Waals surface area contributed by atoms with Gasteiger partial charge in [-0.1, -0.05) is 0 Å². The highest BCUT2D eigenvalue weighted by molar-refractivity contribution is 5.66. The van der Waals surface area contributed by atoms with Gasteiger partial charge in [0.25, 0.3) is 0 Å². The van der Waals surface area contributed by atoms with Crippen molar-refractivity contribution >= 4 is 6.09 Å². The van der Waals surface area contributed by atoms with Gasteiger partial charge >= 0.3 is 6.09 Å². The number of hydrogen-bond donors (Lipinski definition) is 3. The van der Waals surface area contributed by atoms with E-state index in [-0.39, 0.29) is 17.9 Å². The lowest BCUT2D eigenvalue weighted by Crippen LogP contribution is -2.71. The normalized spacial score (nSPS) is 16.0. The SMILES string of the molecule is N#Cc1ccc(OCC2(NC(=O)O)CNC2)cc1F. The molecule has 1 heterocycles. The fourth-order valence-corrected chi connectivity index (χ4v) is 1.78. The van der Waals surface area contributed by atoms with Gasteiger partial charge in [-0.25, -0.2) is 9.18 Å². The van der Waals surface area contributed by atoms with Crippen LogP contribution in [0.4, 0.5) is 9.18 Å². The smallest absolute Gasteiger partial charge is 0.405 e. The van der Waals surface area contributed by atoms with Gasteiger partial charge < -0.3 is 20.5 Å². The van der Waals surface area contributed by atoms with Crippen molar-refractivity contribution in [3.63, 3.8) is 0 Å². The van der Waals surface area contributed by atoms with Crippen molar-refractivity contribution in [3.8, 4) is 11.8 Å². The molecule has 0 atom stereocenters. The molecule has 3 N–H and O–H groups in total. The molecule has 0 unspecified atom stereocenters. The number of amides is 1. The molecule has 6 nitrogen and oxygen atoms in total. The minimum absolute atomic E-state index is 0.0592. The molecule has 0 saturated carbocycles. The Kier molecular flexibility index (Phi) is 3.53. The Balaban J connectivity index is 2.00. The van der Waals surface area contributed by atoms with E-state index in [2.05, 4.69) is 10.6 Å². The number of ether oxygens (including phenoxy) is 1. The van der Waals surface area contributed by atoms with Gasteiger partial charge in [-0.2, -0.15) is 5.26 Å². The third-order valence-corrected chi connectivity index (χ3v) is 2.88. The van der Waals surface area contributed by atoms with E-state index in [4.69, 9.17) is 15.1 Å². The highest BCUT2D eigenvalue weighted by Gasteiger charge is 2.39. The maximum atomic E-state index is 13.4. The number of nitriles is 1. The minimum Gasteiger partial charge on any atom is -0.491 e. The Morgan fingerprint density at radius 1 is 1.63 bits per heavy atom. The van der Waals surface area contributed by atoms with Crippen molar-refractivity contribution in [2.75, 3.05) is 19.7 Å². The molecular weight excluding hydrogens is 253 g/mol. The minimum atomic E-state index is -1.13. The summed E-state index contributed by atoms with van der Waals surface area (Å²) in [6.07, 6.45) is -1.13. The van der Waals surface area contributed by atoms with Crippen molar-refractivity contribution in [1.29, 1.82) is 5.26 Å². The van der Waals surface area contributed by atoms with Gasteiger partial charge in [0.2, 0.25) is 0 Å². The first kappa shape index (κ1) is 13.1. The third kappa shape index (κ3) is 2.92. The summed E-state index contributed by atoms with van der Waals surface area (Å²) in [5.41, 5.74) is -0.744. The van der Waals surface area contributed by atoms with Crippen LogP contribution >= 0.6 is 0 Å². The predicted molar refractivity (Wildman–Crippen MR) is 63.4 cm³/mol. The zero-order valence-electron chi connectivity index (χ0n) is 9.94. The van der Waals surface area contributed by atoms with Crippen LogP contribution in [-0.4, -0.2) is 36.4 Å². The Morgan fingerprint density at radius 3 is 2.84 bits per heavy atom. The fraction of sp³-hybridized carbons (Fsp3) is 0.333. The molecule has 0 radical (unpaired) electrons. The number of carboxylic acid groups (broad SMARTS) is 1. The molecule has 1 aromatic carbocycles. The molecule has 1 saturated heterocycles. The van der Waals surface area contributed by atoms with Crippen molar-refractivity contribution < 1.29 is 19.0 Å². The number of halogens is 1. The first-order valence-corrected chi connectivity index (χ1v) is 5.59. The van der Waals surface area contributed by atoms with Gasteiger partial charge in [-0.05, 0) is 12.1 Å². The summed E-state index contributed by atoms with van der Waals surface area (Å²) in [4.78, 5) is 10.7. The van der Waals surface area contributed by atoms with Gasteiger partial charge in [-0.15, -0.1) is 0 Å². The van der Waals surface area contributed by atoms with Crippen LogP contribution in [0.25, 0.3) is 0 Å². The number of benzene rings is 1. The summed E-state index contributed by atoms with van der Waals surface area (Å²) in [7, 11) is 0. The van der Waals surface area contributed by atoms with Crippen molar-refractivity contribution in [2.24, 2.45) is 0 Å². The molecular formula is C12H12FN3O3.